The van der Waals surface area contributed by atoms with E-state index in [0.717, 1.165) is 12.8 Å². The van der Waals surface area contributed by atoms with Crippen LogP contribution in [-0.4, -0.2) is 12.1 Å². The third-order valence-electron chi connectivity index (χ3n) is 8.63. The van der Waals surface area contributed by atoms with Gasteiger partial charge in [0, 0.05) is 29.1 Å². The number of hydrogen-bond acceptors (Lipinski definition) is 3. The highest BCUT2D eigenvalue weighted by Gasteiger charge is 2.23. The molecule has 0 aromatic heterocycles. The molecule has 0 radical (unpaired) electrons. The lowest BCUT2D eigenvalue weighted by atomic mass is 9.82. The highest BCUT2D eigenvalue weighted by molar-refractivity contribution is 5.82. The normalized spacial score (nSPS) is 13.6. The van der Waals surface area contributed by atoms with Crippen LogP contribution in [0.3, 0.4) is 0 Å². The Morgan fingerprint density at radius 3 is 1.77 bits per heavy atom. The van der Waals surface area contributed by atoms with Crippen LogP contribution in [0.5, 0.6) is 0 Å². The van der Waals surface area contributed by atoms with Crippen molar-refractivity contribution in [3.8, 4) is 11.1 Å². The summed E-state index contributed by atoms with van der Waals surface area (Å²) < 4.78 is 5.49. The lowest BCUT2D eigenvalue weighted by Crippen LogP contribution is -2.20. The summed E-state index contributed by atoms with van der Waals surface area (Å²) in [4.78, 5) is 14.1. The lowest BCUT2D eigenvalue weighted by molar-refractivity contribution is -0.143. The molecule has 3 nitrogen and oxygen atoms in total. The molecule has 5 rings (SSSR count). The molecule has 204 valence electrons. The molecule has 0 saturated carbocycles. The zero-order valence-electron chi connectivity index (χ0n) is 24.5. The van der Waals surface area contributed by atoms with Gasteiger partial charge in [0.1, 0.15) is 6.10 Å². The Morgan fingerprint density at radius 1 is 0.725 bits per heavy atom. The van der Waals surface area contributed by atoms with Gasteiger partial charge in [-0.1, -0.05) is 49.9 Å². The van der Waals surface area contributed by atoms with Gasteiger partial charge in [-0.2, -0.15) is 0 Å². The van der Waals surface area contributed by atoms with E-state index in [1.807, 2.05) is 6.92 Å². The SMILES string of the molecule is C=CC(=O)OC(C)C(C)c1ccc2c(c1)CCc1cc(N(c3ccc(C)c(C)c3)c3ccc(C)c(C)c3)ccc1-2. The summed E-state index contributed by atoms with van der Waals surface area (Å²) in [7, 11) is 0. The fourth-order valence-corrected chi connectivity index (χ4v) is 5.61. The minimum atomic E-state index is -0.377. The van der Waals surface area contributed by atoms with Crippen molar-refractivity contribution in [3.63, 3.8) is 0 Å². The van der Waals surface area contributed by atoms with Crippen LogP contribution in [0.2, 0.25) is 0 Å². The maximum Gasteiger partial charge on any atom is 0.330 e. The van der Waals surface area contributed by atoms with E-state index in [1.54, 1.807) is 0 Å². The van der Waals surface area contributed by atoms with Crippen molar-refractivity contribution in [2.45, 2.75) is 66.4 Å². The summed E-state index contributed by atoms with van der Waals surface area (Å²) in [6.45, 7) is 16.3. The molecular formula is C37H39NO2. The highest BCUT2D eigenvalue weighted by atomic mass is 16.5. The van der Waals surface area contributed by atoms with Crippen molar-refractivity contribution in [3.05, 3.63) is 124 Å². The number of ether oxygens (including phenoxy) is 1. The molecule has 1 aliphatic rings. The zero-order chi connectivity index (χ0) is 28.6. The third-order valence-corrected chi connectivity index (χ3v) is 8.63. The van der Waals surface area contributed by atoms with Gasteiger partial charge in [-0.3, -0.25) is 0 Å². The highest BCUT2D eigenvalue weighted by Crippen LogP contribution is 2.41. The average molecular weight is 530 g/mol. The Bertz CT molecular complexity index is 1550. The van der Waals surface area contributed by atoms with Crippen LogP contribution < -0.4 is 4.90 Å². The predicted molar refractivity (Wildman–Crippen MR) is 167 cm³/mol. The molecular weight excluding hydrogens is 490 g/mol. The van der Waals surface area contributed by atoms with E-state index in [0.29, 0.717) is 0 Å². The molecule has 3 heteroatoms. The number of hydrogen-bond donors (Lipinski definition) is 0. The third kappa shape index (κ3) is 5.34. The van der Waals surface area contributed by atoms with Gasteiger partial charge in [0.05, 0.1) is 0 Å². The van der Waals surface area contributed by atoms with E-state index in [9.17, 15) is 4.79 Å². The van der Waals surface area contributed by atoms with Crippen molar-refractivity contribution in [1.29, 1.82) is 0 Å². The Hall–Kier alpha value is -4.11. The van der Waals surface area contributed by atoms with Crippen molar-refractivity contribution >= 4 is 23.0 Å². The molecule has 0 heterocycles. The zero-order valence-corrected chi connectivity index (χ0v) is 24.5. The first-order chi connectivity index (χ1) is 19.2. The van der Waals surface area contributed by atoms with Gasteiger partial charge in [-0.05, 0) is 134 Å². The van der Waals surface area contributed by atoms with Gasteiger partial charge in [-0.25, -0.2) is 4.79 Å². The molecule has 0 saturated heterocycles. The maximum atomic E-state index is 11.7. The van der Waals surface area contributed by atoms with Gasteiger partial charge in [-0.15, -0.1) is 0 Å². The molecule has 0 bridgehead atoms. The second-order valence-electron chi connectivity index (χ2n) is 11.3. The van der Waals surface area contributed by atoms with E-state index in [1.165, 1.54) is 73.2 Å². The molecule has 4 aromatic rings. The number of nitrogens with zero attached hydrogens (tertiary/aromatic N) is 1. The molecule has 2 unspecified atom stereocenters. The van der Waals surface area contributed by atoms with Crippen LogP contribution in [0.15, 0.2) is 85.5 Å². The molecule has 0 fully saturated rings. The van der Waals surface area contributed by atoms with Gasteiger partial charge >= 0.3 is 5.97 Å². The average Bonchev–Trinajstić information content (AvgIpc) is 2.95. The van der Waals surface area contributed by atoms with E-state index >= 15 is 0 Å². The summed E-state index contributed by atoms with van der Waals surface area (Å²) in [6, 6.07) is 27.1. The molecule has 2 atom stereocenters. The van der Waals surface area contributed by atoms with Gasteiger partial charge in [0.2, 0.25) is 0 Å². The quantitative estimate of drug-likeness (QED) is 0.176. The molecule has 0 spiro atoms. The molecule has 4 aromatic carbocycles. The fourth-order valence-electron chi connectivity index (χ4n) is 5.61. The van der Waals surface area contributed by atoms with E-state index in [2.05, 4.69) is 119 Å². The summed E-state index contributed by atoms with van der Waals surface area (Å²) >= 11 is 0. The molecule has 1 aliphatic carbocycles. The standard InChI is InChI=1S/C37H39NO2/c1-8-37(39)40-28(7)27(6)29-13-17-35-30(21-29)11-12-31-22-34(16-18-36(31)35)38(32-14-9-23(2)25(4)19-32)33-15-10-24(3)26(5)20-33/h8-10,13-22,27-28H,1,11-12H2,2-7H3. The Kier molecular flexibility index (Phi) is 7.67. The molecule has 0 N–H and O–H groups in total. The number of anilines is 3. The number of carbonyl (C=O) groups excluding carboxylic acids is 1. The van der Waals surface area contributed by atoms with Crippen molar-refractivity contribution < 1.29 is 9.53 Å². The van der Waals surface area contributed by atoms with Gasteiger partial charge in [0.25, 0.3) is 0 Å². The summed E-state index contributed by atoms with van der Waals surface area (Å²) in [5.74, 6) is -0.278. The monoisotopic (exact) mass is 529 g/mol. The molecule has 0 aliphatic heterocycles. The summed E-state index contributed by atoms with van der Waals surface area (Å²) in [5, 5.41) is 0. The molecule has 40 heavy (non-hydrogen) atoms. The predicted octanol–water partition coefficient (Wildman–Crippen LogP) is 9.38. The number of esters is 1. The van der Waals surface area contributed by atoms with Crippen molar-refractivity contribution in [2.24, 2.45) is 0 Å². The van der Waals surface area contributed by atoms with E-state index in [-0.39, 0.29) is 18.0 Å². The Morgan fingerprint density at radius 2 is 1.23 bits per heavy atom. The summed E-state index contributed by atoms with van der Waals surface area (Å²) in [5.41, 5.74) is 15.2. The van der Waals surface area contributed by atoms with Crippen LogP contribution >= 0.6 is 0 Å². The Balaban J connectivity index is 1.52. The summed E-state index contributed by atoms with van der Waals surface area (Å²) in [6.07, 6.45) is 2.98. The first-order valence-electron chi connectivity index (χ1n) is 14.2. The smallest absolute Gasteiger partial charge is 0.330 e. The maximum absolute atomic E-state index is 11.7. The van der Waals surface area contributed by atoms with Crippen LogP contribution in [0.25, 0.3) is 11.1 Å². The second-order valence-corrected chi connectivity index (χ2v) is 11.3. The van der Waals surface area contributed by atoms with E-state index in [4.69, 9.17) is 4.74 Å². The minimum absolute atomic E-state index is 0.0995. The lowest BCUT2D eigenvalue weighted by Gasteiger charge is -2.29. The first-order valence-corrected chi connectivity index (χ1v) is 14.2. The topological polar surface area (TPSA) is 29.5 Å². The number of aryl methyl sites for hydroxylation is 6. The van der Waals surface area contributed by atoms with Crippen LogP contribution in [-0.2, 0) is 22.4 Å². The van der Waals surface area contributed by atoms with Gasteiger partial charge in [0.15, 0.2) is 0 Å². The van der Waals surface area contributed by atoms with Crippen LogP contribution in [0.4, 0.5) is 17.1 Å². The van der Waals surface area contributed by atoms with Crippen LogP contribution in [0, 0.1) is 27.7 Å². The number of fused-ring (bicyclic) bond motifs is 3. The van der Waals surface area contributed by atoms with E-state index < -0.39 is 0 Å². The Labute approximate surface area is 239 Å². The largest absolute Gasteiger partial charge is 0.459 e. The fraction of sp³-hybridized carbons (Fsp3) is 0.270. The second kappa shape index (κ2) is 11.2. The molecule has 0 amide bonds. The minimum Gasteiger partial charge on any atom is -0.459 e. The number of benzene rings is 4. The number of carbonyl (C=O) groups is 1. The van der Waals surface area contributed by atoms with Crippen molar-refractivity contribution in [1.82, 2.24) is 0 Å². The van der Waals surface area contributed by atoms with Crippen molar-refractivity contribution in [2.75, 3.05) is 4.90 Å². The number of rotatable bonds is 7. The van der Waals surface area contributed by atoms with Crippen LogP contribution in [0.1, 0.15) is 58.7 Å². The first kappa shape index (κ1) is 27.5. The van der Waals surface area contributed by atoms with Gasteiger partial charge < -0.3 is 9.64 Å².